The van der Waals surface area contributed by atoms with Crippen LogP contribution < -0.4 is 4.90 Å². The number of aromatic nitrogens is 2. The number of hydrogen-bond donors (Lipinski definition) is 2. The molecule has 1 aliphatic rings. The second kappa shape index (κ2) is 5.97. The number of carbonyl (C=O) groups is 1. The number of aryl methyl sites for hydroxylation is 1. The Morgan fingerprint density at radius 1 is 1.58 bits per heavy atom. The fourth-order valence-electron chi connectivity index (χ4n) is 2.48. The molecule has 6 nitrogen and oxygen atoms in total. The monoisotopic (exact) mass is 265 g/mol. The highest BCUT2D eigenvalue weighted by Crippen LogP contribution is 2.22. The summed E-state index contributed by atoms with van der Waals surface area (Å²) < 4.78 is 0. The quantitative estimate of drug-likeness (QED) is 0.847. The van der Waals surface area contributed by atoms with E-state index in [0.717, 1.165) is 32.4 Å². The van der Waals surface area contributed by atoms with Crippen molar-refractivity contribution in [2.75, 3.05) is 24.6 Å². The molecule has 0 saturated carbocycles. The van der Waals surface area contributed by atoms with E-state index in [1.165, 1.54) is 6.20 Å². The van der Waals surface area contributed by atoms with Crippen molar-refractivity contribution in [1.82, 2.24) is 9.97 Å². The number of aliphatic hydroxyl groups excluding tert-OH is 1. The van der Waals surface area contributed by atoms with Gasteiger partial charge in [-0.25, -0.2) is 14.8 Å². The Balaban J connectivity index is 2.13. The lowest BCUT2D eigenvalue weighted by Gasteiger charge is -2.32. The minimum atomic E-state index is -0.999. The topological polar surface area (TPSA) is 86.5 Å². The first-order valence-electron chi connectivity index (χ1n) is 6.54. The molecule has 1 aromatic heterocycles. The summed E-state index contributed by atoms with van der Waals surface area (Å²) in [5, 5.41) is 18.0. The second-order valence-electron chi connectivity index (χ2n) is 4.94. The van der Waals surface area contributed by atoms with Crippen molar-refractivity contribution in [2.24, 2.45) is 5.92 Å². The third kappa shape index (κ3) is 3.20. The number of hydrogen-bond acceptors (Lipinski definition) is 5. The summed E-state index contributed by atoms with van der Waals surface area (Å²) in [5.74, 6) is 0.0489. The number of anilines is 1. The van der Waals surface area contributed by atoms with Crippen LogP contribution in [0.1, 0.15) is 35.3 Å². The van der Waals surface area contributed by atoms with E-state index >= 15 is 0 Å². The average molecular weight is 265 g/mol. The van der Waals surface area contributed by atoms with E-state index in [0.29, 0.717) is 17.6 Å². The summed E-state index contributed by atoms with van der Waals surface area (Å²) in [4.78, 5) is 21.4. The van der Waals surface area contributed by atoms with Gasteiger partial charge in [-0.05, 0) is 32.1 Å². The van der Waals surface area contributed by atoms with Crippen molar-refractivity contribution in [3.05, 3.63) is 17.5 Å². The molecule has 0 radical (unpaired) electrons. The van der Waals surface area contributed by atoms with Gasteiger partial charge in [-0.15, -0.1) is 0 Å². The van der Waals surface area contributed by atoms with Crippen LogP contribution >= 0.6 is 0 Å². The van der Waals surface area contributed by atoms with Crippen LogP contribution in [-0.4, -0.2) is 45.8 Å². The van der Waals surface area contributed by atoms with Crippen LogP contribution in [0, 0.1) is 12.8 Å². The Bertz CT molecular complexity index is 462. The van der Waals surface area contributed by atoms with E-state index < -0.39 is 5.97 Å². The molecular weight excluding hydrogens is 246 g/mol. The van der Waals surface area contributed by atoms with Crippen LogP contribution in [0.4, 0.5) is 5.95 Å². The maximum Gasteiger partial charge on any atom is 0.339 e. The summed E-state index contributed by atoms with van der Waals surface area (Å²) in [6.45, 7) is 3.60. The van der Waals surface area contributed by atoms with Gasteiger partial charge in [-0.2, -0.15) is 0 Å². The normalized spacial score (nSPS) is 19.5. The molecule has 2 rings (SSSR count). The van der Waals surface area contributed by atoms with Crippen molar-refractivity contribution in [1.29, 1.82) is 0 Å². The van der Waals surface area contributed by atoms with E-state index in [1.807, 2.05) is 0 Å². The maximum atomic E-state index is 10.9. The van der Waals surface area contributed by atoms with Gasteiger partial charge in [0.15, 0.2) is 0 Å². The van der Waals surface area contributed by atoms with Gasteiger partial charge in [-0.1, -0.05) is 0 Å². The molecule has 6 heteroatoms. The van der Waals surface area contributed by atoms with Gasteiger partial charge in [0.2, 0.25) is 5.95 Å². The third-order valence-corrected chi connectivity index (χ3v) is 3.54. The van der Waals surface area contributed by atoms with Crippen LogP contribution in [-0.2, 0) is 0 Å². The van der Waals surface area contributed by atoms with Crippen LogP contribution in [0.15, 0.2) is 6.20 Å². The first-order chi connectivity index (χ1) is 9.11. The fraction of sp³-hybridized carbons (Fsp3) is 0.615. The highest BCUT2D eigenvalue weighted by molar-refractivity contribution is 5.88. The Morgan fingerprint density at radius 3 is 3.00 bits per heavy atom. The lowest BCUT2D eigenvalue weighted by atomic mass is 9.95. The van der Waals surface area contributed by atoms with E-state index in [2.05, 4.69) is 14.9 Å². The van der Waals surface area contributed by atoms with Gasteiger partial charge >= 0.3 is 5.97 Å². The number of aliphatic hydroxyl groups is 1. The smallest absolute Gasteiger partial charge is 0.339 e. The molecule has 1 aliphatic heterocycles. The zero-order valence-corrected chi connectivity index (χ0v) is 11.0. The number of piperidine rings is 1. The minimum Gasteiger partial charge on any atom is -0.478 e. The molecule has 1 atom stereocenters. The number of carboxylic acids is 1. The van der Waals surface area contributed by atoms with Gasteiger partial charge < -0.3 is 15.1 Å². The summed E-state index contributed by atoms with van der Waals surface area (Å²) in [6.07, 6.45) is 4.33. The molecule has 1 unspecified atom stereocenters. The Morgan fingerprint density at radius 2 is 2.37 bits per heavy atom. The zero-order valence-electron chi connectivity index (χ0n) is 11.0. The molecule has 2 heterocycles. The van der Waals surface area contributed by atoms with Crippen molar-refractivity contribution in [3.8, 4) is 0 Å². The molecule has 19 heavy (non-hydrogen) atoms. The molecule has 0 spiro atoms. The first kappa shape index (κ1) is 13.7. The first-order valence-corrected chi connectivity index (χ1v) is 6.54. The predicted molar refractivity (Wildman–Crippen MR) is 70.4 cm³/mol. The van der Waals surface area contributed by atoms with Gasteiger partial charge in [0.1, 0.15) is 0 Å². The largest absolute Gasteiger partial charge is 0.478 e. The minimum absolute atomic E-state index is 0.146. The number of carboxylic acid groups (broad SMARTS) is 1. The van der Waals surface area contributed by atoms with Crippen molar-refractivity contribution < 1.29 is 15.0 Å². The molecule has 0 aliphatic carbocycles. The fourth-order valence-corrected chi connectivity index (χ4v) is 2.48. The number of aromatic carboxylic acids is 1. The molecular formula is C13H19N3O3. The van der Waals surface area contributed by atoms with Crippen LogP contribution in [0.2, 0.25) is 0 Å². The molecule has 0 aromatic carbocycles. The molecule has 1 fully saturated rings. The van der Waals surface area contributed by atoms with E-state index in [-0.39, 0.29) is 12.2 Å². The SMILES string of the molecule is Cc1nc(N2CCCC(CCO)C2)ncc1C(=O)O. The van der Waals surface area contributed by atoms with Crippen LogP contribution in [0.5, 0.6) is 0 Å². The Labute approximate surface area is 112 Å². The highest BCUT2D eigenvalue weighted by Gasteiger charge is 2.22. The Kier molecular flexibility index (Phi) is 4.31. The van der Waals surface area contributed by atoms with E-state index in [9.17, 15) is 4.79 Å². The van der Waals surface area contributed by atoms with Gasteiger partial charge in [-0.3, -0.25) is 0 Å². The Hall–Kier alpha value is -1.69. The van der Waals surface area contributed by atoms with E-state index in [1.54, 1.807) is 6.92 Å². The van der Waals surface area contributed by atoms with Gasteiger partial charge in [0.05, 0.1) is 11.3 Å². The highest BCUT2D eigenvalue weighted by atomic mass is 16.4. The van der Waals surface area contributed by atoms with Gasteiger partial charge in [0, 0.05) is 25.9 Å². The average Bonchev–Trinajstić information content (AvgIpc) is 2.39. The second-order valence-corrected chi connectivity index (χ2v) is 4.94. The number of rotatable bonds is 4. The molecule has 0 amide bonds. The summed E-state index contributed by atoms with van der Waals surface area (Å²) >= 11 is 0. The molecule has 1 saturated heterocycles. The third-order valence-electron chi connectivity index (χ3n) is 3.54. The van der Waals surface area contributed by atoms with E-state index in [4.69, 9.17) is 10.2 Å². The summed E-state index contributed by atoms with van der Waals surface area (Å²) in [6, 6.07) is 0. The van der Waals surface area contributed by atoms with Gasteiger partial charge in [0.25, 0.3) is 0 Å². The van der Waals surface area contributed by atoms with Crippen LogP contribution in [0.25, 0.3) is 0 Å². The summed E-state index contributed by atoms with van der Waals surface area (Å²) in [7, 11) is 0. The molecule has 104 valence electrons. The molecule has 0 bridgehead atoms. The molecule has 1 aromatic rings. The van der Waals surface area contributed by atoms with Crippen molar-refractivity contribution >= 4 is 11.9 Å². The lowest BCUT2D eigenvalue weighted by Crippen LogP contribution is -2.37. The molecule has 2 N–H and O–H groups in total. The maximum absolute atomic E-state index is 10.9. The lowest BCUT2D eigenvalue weighted by molar-refractivity contribution is 0.0695. The zero-order chi connectivity index (χ0) is 13.8. The standard InChI is InChI=1S/C13H19N3O3/c1-9-11(12(18)19)7-14-13(15-9)16-5-2-3-10(8-16)4-6-17/h7,10,17H,2-6,8H2,1H3,(H,18,19). The number of nitrogens with zero attached hydrogens (tertiary/aromatic N) is 3. The van der Waals surface area contributed by atoms with Crippen molar-refractivity contribution in [3.63, 3.8) is 0 Å². The predicted octanol–water partition coefficient (Wildman–Crippen LogP) is 1.08. The summed E-state index contributed by atoms with van der Waals surface area (Å²) in [5.41, 5.74) is 0.634. The van der Waals surface area contributed by atoms with Crippen molar-refractivity contribution in [2.45, 2.75) is 26.2 Å². The van der Waals surface area contributed by atoms with Crippen LogP contribution in [0.3, 0.4) is 0 Å².